The lowest BCUT2D eigenvalue weighted by Gasteiger charge is -2.27. The van der Waals surface area contributed by atoms with Crippen LogP contribution in [0.4, 0.5) is 0 Å². The normalized spacial score (nSPS) is 27.1. The highest BCUT2D eigenvalue weighted by atomic mass is 32.1. The lowest BCUT2D eigenvalue weighted by Crippen LogP contribution is -2.45. The van der Waals surface area contributed by atoms with Crippen molar-refractivity contribution < 1.29 is 14.3 Å². The maximum Gasteiger partial charge on any atom is 0.329 e. The number of nitrogens with one attached hydrogen (secondary N) is 1. The van der Waals surface area contributed by atoms with Crippen LogP contribution in [-0.4, -0.2) is 24.5 Å². The van der Waals surface area contributed by atoms with Crippen molar-refractivity contribution in [1.82, 2.24) is 5.32 Å². The molecule has 4 nitrogen and oxygen atoms in total. The number of hydrogen-bond donors (Lipinski definition) is 1. The third-order valence-electron chi connectivity index (χ3n) is 3.30. The van der Waals surface area contributed by atoms with Crippen LogP contribution < -0.4 is 5.32 Å². The summed E-state index contributed by atoms with van der Waals surface area (Å²) in [5, 5.41) is 2.73. The van der Waals surface area contributed by atoms with E-state index in [0.717, 1.165) is 4.88 Å². The molecular formula is C13H17NO3S. The van der Waals surface area contributed by atoms with Gasteiger partial charge in [-0.15, -0.1) is 11.3 Å². The van der Waals surface area contributed by atoms with E-state index in [0.29, 0.717) is 13.0 Å². The summed E-state index contributed by atoms with van der Waals surface area (Å²) < 4.78 is 5.05. The molecule has 1 aliphatic rings. The first-order valence-electron chi connectivity index (χ1n) is 6.00. The van der Waals surface area contributed by atoms with Crippen LogP contribution in [0.15, 0.2) is 12.1 Å². The average molecular weight is 267 g/mol. The fourth-order valence-electron chi connectivity index (χ4n) is 2.32. The highest BCUT2D eigenvalue weighted by Gasteiger charge is 2.49. The van der Waals surface area contributed by atoms with Crippen molar-refractivity contribution in [2.24, 2.45) is 0 Å². The van der Waals surface area contributed by atoms with Crippen LogP contribution in [0.1, 0.15) is 30.0 Å². The van der Waals surface area contributed by atoms with Gasteiger partial charge in [-0.3, -0.25) is 4.79 Å². The summed E-state index contributed by atoms with van der Waals surface area (Å²) in [4.78, 5) is 25.8. The summed E-state index contributed by atoms with van der Waals surface area (Å²) in [6, 6.07) is 3.42. The number of thiophene rings is 1. The van der Waals surface area contributed by atoms with Crippen LogP contribution >= 0.6 is 11.3 Å². The Morgan fingerprint density at radius 1 is 1.61 bits per heavy atom. The van der Waals surface area contributed by atoms with Gasteiger partial charge >= 0.3 is 5.97 Å². The van der Waals surface area contributed by atoms with Gasteiger partial charge in [-0.25, -0.2) is 4.79 Å². The summed E-state index contributed by atoms with van der Waals surface area (Å²) in [7, 11) is 0. The largest absolute Gasteiger partial charge is 0.464 e. The van der Waals surface area contributed by atoms with Gasteiger partial charge in [0.05, 0.1) is 6.61 Å². The maximum atomic E-state index is 12.0. The second-order valence-electron chi connectivity index (χ2n) is 4.76. The van der Waals surface area contributed by atoms with Crippen molar-refractivity contribution in [1.29, 1.82) is 0 Å². The van der Waals surface area contributed by atoms with Crippen LogP contribution in [0.5, 0.6) is 0 Å². The van der Waals surface area contributed by atoms with E-state index in [1.54, 1.807) is 18.3 Å². The number of carbonyl (C=O) groups is 2. The molecule has 2 atom stereocenters. The molecule has 0 spiro atoms. The molecule has 5 heteroatoms. The van der Waals surface area contributed by atoms with Gasteiger partial charge in [0, 0.05) is 21.6 Å². The summed E-state index contributed by atoms with van der Waals surface area (Å²) in [6.45, 7) is 6.05. The minimum absolute atomic E-state index is 0.0957. The van der Waals surface area contributed by atoms with Gasteiger partial charge in [0.2, 0.25) is 5.91 Å². The van der Waals surface area contributed by atoms with Crippen LogP contribution in [0.3, 0.4) is 0 Å². The second-order valence-corrected chi connectivity index (χ2v) is 6.05. The quantitative estimate of drug-likeness (QED) is 0.849. The summed E-state index contributed by atoms with van der Waals surface area (Å²) >= 11 is 1.63. The number of esters is 1. The van der Waals surface area contributed by atoms with Crippen molar-refractivity contribution >= 4 is 23.2 Å². The van der Waals surface area contributed by atoms with Gasteiger partial charge in [0.15, 0.2) is 0 Å². The molecule has 98 valence electrons. The second kappa shape index (κ2) is 4.72. The molecule has 1 saturated heterocycles. The van der Waals surface area contributed by atoms with E-state index in [1.165, 1.54) is 4.88 Å². The number of carbonyl (C=O) groups excluding carboxylic acids is 2. The molecule has 0 aliphatic carbocycles. The number of aryl methyl sites for hydroxylation is 1. The SMILES string of the molecule is CCOC(=O)C1NC(=O)CC1(C)c1ccc(C)s1. The number of ether oxygens (including phenoxy) is 1. The molecule has 18 heavy (non-hydrogen) atoms. The Morgan fingerprint density at radius 2 is 2.33 bits per heavy atom. The molecule has 0 bridgehead atoms. The van der Waals surface area contributed by atoms with Gasteiger partial charge in [0.25, 0.3) is 0 Å². The number of amides is 1. The predicted molar refractivity (Wildman–Crippen MR) is 69.6 cm³/mol. The van der Waals surface area contributed by atoms with Gasteiger partial charge in [-0.05, 0) is 26.0 Å². The predicted octanol–water partition coefficient (Wildman–Crippen LogP) is 1.77. The van der Waals surface area contributed by atoms with E-state index in [2.05, 4.69) is 5.32 Å². The molecule has 0 radical (unpaired) electrons. The van der Waals surface area contributed by atoms with E-state index in [9.17, 15) is 9.59 Å². The van der Waals surface area contributed by atoms with Crippen molar-refractivity contribution in [2.45, 2.75) is 38.6 Å². The Bertz CT molecular complexity index is 482. The fraction of sp³-hybridized carbons (Fsp3) is 0.538. The van der Waals surface area contributed by atoms with Crippen molar-refractivity contribution in [3.8, 4) is 0 Å². The number of rotatable bonds is 3. The van der Waals surface area contributed by atoms with Crippen LogP contribution in [-0.2, 0) is 19.7 Å². The molecule has 1 aromatic rings. The lowest BCUT2D eigenvalue weighted by atomic mass is 9.81. The summed E-state index contributed by atoms with van der Waals surface area (Å²) in [5.41, 5.74) is -0.498. The van der Waals surface area contributed by atoms with Crippen molar-refractivity contribution in [2.75, 3.05) is 6.61 Å². The van der Waals surface area contributed by atoms with Crippen LogP contribution in [0, 0.1) is 6.92 Å². The highest BCUT2D eigenvalue weighted by Crippen LogP contribution is 2.39. The molecular weight excluding hydrogens is 250 g/mol. The smallest absolute Gasteiger partial charge is 0.329 e. The molecule has 0 aromatic carbocycles. The first-order valence-corrected chi connectivity index (χ1v) is 6.82. The van der Waals surface area contributed by atoms with Gasteiger partial charge < -0.3 is 10.1 Å². The lowest BCUT2D eigenvalue weighted by molar-refractivity contribution is -0.147. The van der Waals surface area contributed by atoms with Gasteiger partial charge in [0.1, 0.15) is 6.04 Å². The average Bonchev–Trinajstić information content (AvgIpc) is 2.84. The number of hydrogen-bond acceptors (Lipinski definition) is 4. The maximum absolute atomic E-state index is 12.0. The zero-order valence-electron chi connectivity index (χ0n) is 10.8. The third kappa shape index (κ3) is 2.14. The van der Waals surface area contributed by atoms with E-state index in [-0.39, 0.29) is 11.9 Å². The molecule has 1 amide bonds. The Kier molecular flexibility index (Phi) is 3.43. The van der Waals surface area contributed by atoms with Crippen LogP contribution in [0.25, 0.3) is 0 Å². The minimum Gasteiger partial charge on any atom is -0.464 e. The molecule has 2 rings (SSSR count). The van der Waals surface area contributed by atoms with Crippen molar-refractivity contribution in [3.63, 3.8) is 0 Å². The Morgan fingerprint density at radius 3 is 2.89 bits per heavy atom. The van der Waals surface area contributed by atoms with Crippen molar-refractivity contribution in [3.05, 3.63) is 21.9 Å². The van der Waals surface area contributed by atoms with E-state index < -0.39 is 11.5 Å². The zero-order chi connectivity index (χ0) is 13.3. The standard InChI is InChI=1S/C13H17NO3S/c1-4-17-12(16)11-13(3,7-10(15)14-11)9-6-5-8(2)18-9/h5-6,11H,4,7H2,1-3H3,(H,14,15). The molecule has 1 fully saturated rings. The molecule has 2 heterocycles. The zero-order valence-corrected chi connectivity index (χ0v) is 11.6. The Hall–Kier alpha value is -1.36. The highest BCUT2D eigenvalue weighted by molar-refractivity contribution is 7.12. The van der Waals surface area contributed by atoms with Gasteiger partial charge in [-0.1, -0.05) is 6.92 Å². The van der Waals surface area contributed by atoms with E-state index in [4.69, 9.17) is 4.74 Å². The van der Waals surface area contributed by atoms with E-state index in [1.807, 2.05) is 26.0 Å². The first kappa shape index (κ1) is 13.1. The summed E-state index contributed by atoms with van der Waals surface area (Å²) in [6.07, 6.45) is 0.330. The Labute approximate surface area is 110 Å². The fourth-order valence-corrected chi connectivity index (χ4v) is 3.36. The minimum atomic E-state index is -0.581. The topological polar surface area (TPSA) is 55.4 Å². The monoisotopic (exact) mass is 267 g/mol. The van der Waals surface area contributed by atoms with E-state index >= 15 is 0 Å². The van der Waals surface area contributed by atoms with Crippen LogP contribution in [0.2, 0.25) is 0 Å². The molecule has 1 aliphatic heterocycles. The molecule has 1 aromatic heterocycles. The first-order chi connectivity index (χ1) is 8.47. The molecule has 0 saturated carbocycles. The Balaban J connectivity index is 2.33. The summed E-state index contributed by atoms with van der Waals surface area (Å²) in [5.74, 6) is -0.446. The molecule has 2 unspecified atom stereocenters. The third-order valence-corrected chi connectivity index (χ3v) is 4.58. The van der Waals surface area contributed by atoms with Gasteiger partial charge in [-0.2, -0.15) is 0 Å². The molecule has 1 N–H and O–H groups in total.